The fourth-order valence-electron chi connectivity index (χ4n) is 4.27. The van der Waals surface area contributed by atoms with E-state index in [9.17, 15) is 10.2 Å². The van der Waals surface area contributed by atoms with Crippen molar-refractivity contribution in [2.75, 3.05) is 52.9 Å². The van der Waals surface area contributed by atoms with Crippen molar-refractivity contribution in [3.8, 4) is 0 Å². The van der Waals surface area contributed by atoms with Crippen LogP contribution in [-0.4, -0.2) is 96.0 Å². The summed E-state index contributed by atoms with van der Waals surface area (Å²) in [7, 11) is 2.22. The van der Waals surface area contributed by atoms with Crippen LogP contribution in [-0.2, 0) is 0 Å². The van der Waals surface area contributed by atoms with E-state index in [0.29, 0.717) is 12.0 Å². The van der Waals surface area contributed by atoms with Crippen molar-refractivity contribution in [1.29, 1.82) is 0 Å². The normalized spacial score (nSPS) is 33.5. The number of piperidine rings is 1. The SMILES string of the molecule is CC[C@H](O)CN1CCN(C)CC1C1CN(CC[C@@H](C)O)CC[C@H]1C. The van der Waals surface area contributed by atoms with Crippen LogP contribution in [0.2, 0.25) is 0 Å². The minimum absolute atomic E-state index is 0.207. The Morgan fingerprint density at radius 2 is 1.88 bits per heavy atom. The molecule has 0 radical (unpaired) electrons. The highest BCUT2D eigenvalue weighted by Gasteiger charge is 2.38. The molecule has 2 heterocycles. The third-order valence-electron chi connectivity index (χ3n) is 6.11. The van der Waals surface area contributed by atoms with E-state index in [4.69, 9.17) is 0 Å². The number of likely N-dealkylation sites (tertiary alicyclic amines) is 1. The van der Waals surface area contributed by atoms with Crippen LogP contribution in [0.25, 0.3) is 0 Å². The standard InChI is InChI=1S/C19H39N3O2/c1-5-17(24)12-22-11-10-20(4)14-19(22)18-13-21(8-6-15(18)2)9-7-16(3)23/h15-19,23-24H,5-14H2,1-4H3/t15-,16-,17+,18?,19?/m1/s1. The zero-order valence-corrected chi connectivity index (χ0v) is 16.2. The first kappa shape index (κ1) is 20.1. The molecule has 0 amide bonds. The Bertz CT molecular complexity index is 367. The molecule has 2 aliphatic heterocycles. The van der Waals surface area contributed by atoms with Gasteiger partial charge in [0.05, 0.1) is 12.2 Å². The van der Waals surface area contributed by atoms with Gasteiger partial charge in [-0.25, -0.2) is 0 Å². The van der Waals surface area contributed by atoms with Crippen molar-refractivity contribution in [3.05, 3.63) is 0 Å². The number of hydrogen-bond acceptors (Lipinski definition) is 5. The van der Waals surface area contributed by atoms with E-state index in [1.807, 2.05) is 6.92 Å². The van der Waals surface area contributed by atoms with E-state index in [1.54, 1.807) is 0 Å². The van der Waals surface area contributed by atoms with E-state index in [2.05, 4.69) is 35.6 Å². The molecule has 24 heavy (non-hydrogen) atoms. The molecular formula is C19H39N3O2. The first-order valence-electron chi connectivity index (χ1n) is 9.91. The monoisotopic (exact) mass is 341 g/mol. The second-order valence-corrected chi connectivity index (χ2v) is 8.25. The lowest BCUT2D eigenvalue weighted by Gasteiger charge is -2.49. The van der Waals surface area contributed by atoms with Gasteiger partial charge in [-0.3, -0.25) is 4.90 Å². The van der Waals surface area contributed by atoms with E-state index in [1.165, 1.54) is 6.42 Å². The van der Waals surface area contributed by atoms with Gasteiger partial charge in [-0.1, -0.05) is 13.8 Å². The molecule has 142 valence electrons. The Morgan fingerprint density at radius 3 is 2.54 bits per heavy atom. The molecule has 0 aromatic carbocycles. The number of likely N-dealkylation sites (N-methyl/N-ethyl adjacent to an activating group) is 1. The van der Waals surface area contributed by atoms with Gasteiger partial charge in [0.15, 0.2) is 0 Å². The van der Waals surface area contributed by atoms with Crippen LogP contribution in [0.4, 0.5) is 0 Å². The molecule has 2 rings (SSSR count). The Labute approximate surface area is 148 Å². The Hall–Kier alpha value is -0.200. The Morgan fingerprint density at radius 1 is 1.12 bits per heavy atom. The van der Waals surface area contributed by atoms with E-state index in [0.717, 1.165) is 64.6 Å². The van der Waals surface area contributed by atoms with Gasteiger partial charge in [0, 0.05) is 45.3 Å². The highest BCUT2D eigenvalue weighted by molar-refractivity contribution is 4.93. The summed E-state index contributed by atoms with van der Waals surface area (Å²) in [5.41, 5.74) is 0. The van der Waals surface area contributed by atoms with Crippen LogP contribution in [0, 0.1) is 11.8 Å². The first-order chi connectivity index (χ1) is 11.4. The smallest absolute Gasteiger partial charge is 0.0664 e. The molecule has 0 spiro atoms. The third-order valence-corrected chi connectivity index (χ3v) is 6.11. The zero-order chi connectivity index (χ0) is 17.7. The molecule has 5 heteroatoms. The van der Waals surface area contributed by atoms with Crippen molar-refractivity contribution in [3.63, 3.8) is 0 Å². The van der Waals surface area contributed by atoms with Crippen molar-refractivity contribution in [1.82, 2.24) is 14.7 Å². The second-order valence-electron chi connectivity index (χ2n) is 8.25. The molecule has 2 unspecified atom stereocenters. The molecule has 2 fully saturated rings. The first-order valence-corrected chi connectivity index (χ1v) is 9.91. The highest BCUT2D eigenvalue weighted by Crippen LogP contribution is 2.30. The van der Waals surface area contributed by atoms with Crippen LogP contribution in [0.15, 0.2) is 0 Å². The average molecular weight is 342 g/mol. The minimum Gasteiger partial charge on any atom is -0.393 e. The predicted octanol–water partition coefficient (Wildman–Crippen LogP) is 1.10. The van der Waals surface area contributed by atoms with Crippen molar-refractivity contribution in [2.24, 2.45) is 11.8 Å². The lowest BCUT2D eigenvalue weighted by atomic mass is 9.80. The zero-order valence-electron chi connectivity index (χ0n) is 16.2. The van der Waals surface area contributed by atoms with E-state index >= 15 is 0 Å². The van der Waals surface area contributed by atoms with Crippen LogP contribution < -0.4 is 0 Å². The number of aliphatic hydroxyl groups excluding tert-OH is 2. The van der Waals surface area contributed by atoms with Gasteiger partial charge in [-0.15, -0.1) is 0 Å². The summed E-state index contributed by atoms with van der Waals surface area (Å²) in [6.07, 6.45) is 2.53. The molecule has 0 bridgehead atoms. The van der Waals surface area contributed by atoms with Crippen molar-refractivity contribution < 1.29 is 10.2 Å². The number of rotatable bonds is 7. The summed E-state index contributed by atoms with van der Waals surface area (Å²) in [6, 6.07) is 0.536. The molecule has 0 saturated carbocycles. The summed E-state index contributed by atoms with van der Waals surface area (Å²) >= 11 is 0. The topological polar surface area (TPSA) is 50.2 Å². The summed E-state index contributed by atoms with van der Waals surface area (Å²) < 4.78 is 0. The van der Waals surface area contributed by atoms with Gasteiger partial charge in [0.1, 0.15) is 0 Å². The van der Waals surface area contributed by atoms with Crippen molar-refractivity contribution >= 4 is 0 Å². The van der Waals surface area contributed by atoms with Gasteiger partial charge >= 0.3 is 0 Å². The maximum Gasteiger partial charge on any atom is 0.0664 e. The van der Waals surface area contributed by atoms with E-state index in [-0.39, 0.29) is 12.2 Å². The predicted molar refractivity (Wildman–Crippen MR) is 99.2 cm³/mol. The van der Waals surface area contributed by atoms with Crippen molar-refractivity contribution in [2.45, 2.75) is 58.3 Å². The molecule has 0 aliphatic carbocycles. The lowest BCUT2D eigenvalue weighted by Crippen LogP contribution is -2.60. The number of β-amino-alcohol motifs (C(OH)–C–C–N with tert-alkyl or cyclic N) is 1. The Balaban J connectivity index is 2.02. The van der Waals surface area contributed by atoms with Gasteiger partial charge in [0.2, 0.25) is 0 Å². The lowest BCUT2D eigenvalue weighted by molar-refractivity contribution is -0.0203. The fourth-order valence-corrected chi connectivity index (χ4v) is 4.27. The largest absolute Gasteiger partial charge is 0.393 e. The molecule has 5 nitrogen and oxygen atoms in total. The maximum atomic E-state index is 10.2. The van der Waals surface area contributed by atoms with Gasteiger partial charge in [-0.05, 0) is 51.6 Å². The number of hydrogen-bond donors (Lipinski definition) is 2. The molecule has 2 saturated heterocycles. The molecule has 2 aliphatic rings. The highest BCUT2D eigenvalue weighted by atomic mass is 16.3. The summed E-state index contributed by atoms with van der Waals surface area (Å²) in [5, 5.41) is 19.7. The quantitative estimate of drug-likeness (QED) is 0.726. The summed E-state index contributed by atoms with van der Waals surface area (Å²) in [5.74, 6) is 1.38. The van der Waals surface area contributed by atoms with Crippen LogP contribution >= 0.6 is 0 Å². The summed E-state index contributed by atoms with van der Waals surface area (Å²) in [4.78, 5) is 7.54. The molecule has 0 aromatic heterocycles. The number of nitrogens with zero attached hydrogens (tertiary/aromatic N) is 3. The van der Waals surface area contributed by atoms with Crippen LogP contribution in [0.3, 0.4) is 0 Å². The molecule has 5 atom stereocenters. The van der Waals surface area contributed by atoms with Crippen LogP contribution in [0.5, 0.6) is 0 Å². The second kappa shape index (κ2) is 9.48. The maximum absolute atomic E-state index is 10.2. The molecular weight excluding hydrogens is 302 g/mol. The third kappa shape index (κ3) is 5.67. The number of piperazine rings is 1. The van der Waals surface area contributed by atoms with E-state index < -0.39 is 0 Å². The van der Waals surface area contributed by atoms with Gasteiger partial charge in [-0.2, -0.15) is 0 Å². The number of aliphatic hydroxyl groups is 2. The van der Waals surface area contributed by atoms with Crippen LogP contribution in [0.1, 0.15) is 40.0 Å². The fraction of sp³-hybridized carbons (Fsp3) is 1.00. The Kier molecular flexibility index (Phi) is 7.95. The minimum atomic E-state index is -0.209. The molecule has 2 N–H and O–H groups in total. The van der Waals surface area contributed by atoms with Gasteiger partial charge in [0.25, 0.3) is 0 Å². The average Bonchev–Trinajstić information content (AvgIpc) is 2.55. The summed E-state index contributed by atoms with van der Waals surface area (Å²) in [6.45, 7) is 13.7. The molecule has 0 aromatic rings. The van der Waals surface area contributed by atoms with Gasteiger partial charge < -0.3 is 20.0 Å².